The Kier molecular flexibility index (Phi) is 25.5. The van der Waals surface area contributed by atoms with Crippen LogP contribution in [0.1, 0.15) is 168 Å². The number of aromatic nitrogens is 9. The number of nitrogens with zero attached hydrogens (tertiary/aromatic N) is 11. The number of nitrogens with two attached hydrogens (primary N) is 2. The smallest absolute Gasteiger partial charge is 0.134 e. The van der Waals surface area contributed by atoms with E-state index in [9.17, 15) is 0 Å². The molecule has 6 aromatic heterocycles. The van der Waals surface area contributed by atoms with E-state index < -0.39 is 0 Å². The van der Waals surface area contributed by atoms with Crippen molar-refractivity contribution in [2.45, 2.75) is 150 Å². The van der Waals surface area contributed by atoms with Crippen molar-refractivity contribution in [2.75, 3.05) is 53.8 Å². The van der Waals surface area contributed by atoms with Crippen molar-refractivity contribution in [1.29, 1.82) is 0 Å². The van der Waals surface area contributed by atoms with E-state index in [1.807, 2.05) is 90.6 Å². The molecule has 11 aromatic rings. The highest BCUT2D eigenvalue weighted by Crippen LogP contribution is 2.37. The molecular formula is C86H104BrN15. The van der Waals surface area contributed by atoms with Crippen LogP contribution in [0.4, 0.5) is 45.9 Å². The lowest BCUT2D eigenvalue weighted by Gasteiger charge is -2.23. The maximum atomic E-state index is 5.91. The number of pyridine rings is 3. The van der Waals surface area contributed by atoms with Crippen LogP contribution in [0, 0.1) is 0 Å². The fourth-order valence-electron chi connectivity index (χ4n) is 14.1. The highest BCUT2D eigenvalue weighted by molar-refractivity contribution is 9.10. The van der Waals surface area contributed by atoms with Gasteiger partial charge in [0.1, 0.15) is 34.0 Å². The molecular weight excluding hydrogens is 1320 g/mol. The molecule has 4 aliphatic rings. The van der Waals surface area contributed by atoms with E-state index in [0.717, 1.165) is 124 Å². The molecule has 0 saturated heterocycles. The van der Waals surface area contributed by atoms with Crippen molar-refractivity contribution in [3.8, 4) is 0 Å². The Hall–Kier alpha value is -9.64. The molecule has 5 aromatic carbocycles. The standard InChI is InChI=1S/C22H26N4.C21H25N5.C21H24N4.C14H19N.C8H10BrN/c1-4-16-12-18(17-8-6-5-7-9-17)10-11-20(16)26(3)22-13-21-19(14-23-22)24-15-25(21)2;1-4-15-11-17(16-7-9-22-10-8-16)5-6-19(15)26(3)21-12-20-18(13-23-21)24-14-25(20)2;1-3-15-11-17(16-7-5-4-6-8-16)9-10-18(15)24-21-12-20-19(13-22-21)23-14-25(20)2;1-2-11-10-13(8-9-14(11)15)12-6-4-3-5-7-12;1-2-6-5-7(9)3-4-8(6)10/h8,10-15H,4-7,9H2,1-3H3;5-7,11-14,22H,4,8-10H2,1-3H3;7,9-14H,3-6,8H2,1-2H3,(H,22,24);6,8-10H,2-5,7,15H2,1H3;3-5H,2,10H2,1H3. The normalized spacial score (nSPS) is 14.3. The SMILES string of the molecule is CCc1cc(Br)ccc1N.CCc1cc(C2=CCCCC2)ccc1N.CCc1cc(C2=CCCCC2)ccc1N(C)c1cc2c(cn1)ncn2C.CCc1cc(C2=CCCCC2)ccc1Nc1cc2c(cn1)ncn2C.CCc1cc(C2=CCNCC2)ccc1N(C)c1cc2c(cn1)ncn2C. The molecule has 3 aliphatic carbocycles. The number of halogens is 1. The van der Waals surface area contributed by atoms with Crippen LogP contribution in [0.15, 0.2) is 176 Å². The summed E-state index contributed by atoms with van der Waals surface area (Å²) < 4.78 is 7.18. The van der Waals surface area contributed by atoms with Crippen LogP contribution in [-0.4, -0.2) is 70.8 Å². The molecule has 0 atom stereocenters. The molecule has 530 valence electrons. The van der Waals surface area contributed by atoms with Crippen molar-refractivity contribution >= 4 is 117 Å². The Bertz CT molecular complexity index is 4650. The number of hydrogen-bond acceptors (Lipinski definition) is 12. The molecule has 7 heterocycles. The molecule has 15 rings (SSSR count). The number of nitrogen functional groups attached to an aromatic ring is 2. The zero-order valence-corrected chi connectivity index (χ0v) is 63.3. The van der Waals surface area contributed by atoms with Crippen molar-refractivity contribution in [1.82, 2.24) is 48.9 Å². The lowest BCUT2D eigenvalue weighted by molar-refractivity contribution is 0.738. The van der Waals surface area contributed by atoms with Crippen LogP contribution in [-0.2, 0) is 53.2 Å². The van der Waals surface area contributed by atoms with E-state index in [0.29, 0.717) is 0 Å². The summed E-state index contributed by atoms with van der Waals surface area (Å²) in [5.74, 6) is 2.74. The average molecular weight is 1430 g/mol. The lowest BCUT2D eigenvalue weighted by Crippen LogP contribution is -2.20. The van der Waals surface area contributed by atoms with Gasteiger partial charge in [0, 0.05) is 92.9 Å². The minimum atomic E-state index is 0.857. The van der Waals surface area contributed by atoms with Crippen LogP contribution in [0.25, 0.3) is 55.4 Å². The highest BCUT2D eigenvalue weighted by atomic mass is 79.9. The number of fused-ring (bicyclic) bond motifs is 3. The van der Waals surface area contributed by atoms with Crippen LogP contribution in [0.3, 0.4) is 0 Å². The molecule has 0 unspecified atom stereocenters. The van der Waals surface area contributed by atoms with E-state index >= 15 is 0 Å². The summed E-state index contributed by atoms with van der Waals surface area (Å²) in [5.41, 5.74) is 41.0. The van der Waals surface area contributed by atoms with Crippen molar-refractivity contribution in [3.63, 3.8) is 0 Å². The van der Waals surface area contributed by atoms with Gasteiger partial charge in [0.05, 0.1) is 54.1 Å². The van der Waals surface area contributed by atoms with Crippen LogP contribution in [0.2, 0.25) is 0 Å². The molecule has 6 N–H and O–H groups in total. The zero-order chi connectivity index (χ0) is 71.7. The van der Waals surface area contributed by atoms with Gasteiger partial charge in [0.25, 0.3) is 0 Å². The number of rotatable bonds is 15. The van der Waals surface area contributed by atoms with Crippen molar-refractivity contribution < 1.29 is 0 Å². The molecule has 0 spiro atoms. The van der Waals surface area contributed by atoms with Crippen molar-refractivity contribution in [2.24, 2.45) is 21.1 Å². The Morgan fingerprint density at radius 1 is 0.431 bits per heavy atom. The highest BCUT2D eigenvalue weighted by Gasteiger charge is 2.18. The number of aryl methyl sites for hydroxylation is 8. The molecule has 102 heavy (non-hydrogen) atoms. The van der Waals surface area contributed by atoms with Gasteiger partial charge in [-0.2, -0.15) is 0 Å². The molecule has 0 saturated carbocycles. The summed E-state index contributed by atoms with van der Waals surface area (Å²) in [5, 5.41) is 6.87. The fraction of sp³-hybridized carbons (Fsp3) is 0.349. The fourth-order valence-corrected chi connectivity index (χ4v) is 14.5. The molecule has 0 bridgehead atoms. The Morgan fingerprint density at radius 3 is 1.26 bits per heavy atom. The van der Waals surface area contributed by atoms with Gasteiger partial charge < -0.3 is 45.6 Å². The molecule has 1 aliphatic heterocycles. The summed E-state index contributed by atoms with van der Waals surface area (Å²) >= 11 is 3.38. The van der Waals surface area contributed by atoms with Gasteiger partial charge >= 0.3 is 0 Å². The maximum absolute atomic E-state index is 5.91. The molecule has 0 fully saturated rings. The lowest BCUT2D eigenvalue weighted by atomic mass is 9.92. The van der Waals surface area contributed by atoms with Gasteiger partial charge in [-0.05, 0) is 261 Å². The number of allylic oxidation sites excluding steroid dienone is 6. The average Bonchev–Trinajstić information content (AvgIpc) is 1.54. The number of imidazole rings is 3. The summed E-state index contributed by atoms with van der Waals surface area (Å²) in [4.78, 5) is 31.2. The number of anilines is 8. The molecule has 16 heteroatoms. The van der Waals surface area contributed by atoms with Crippen LogP contribution in [0.5, 0.6) is 0 Å². The van der Waals surface area contributed by atoms with E-state index in [2.05, 4.69) is 230 Å². The second kappa shape index (κ2) is 35.3. The third-order valence-corrected chi connectivity index (χ3v) is 20.8. The minimum absolute atomic E-state index is 0.857. The number of nitrogens with one attached hydrogen (secondary N) is 2. The number of hydrogen-bond donors (Lipinski definition) is 4. The van der Waals surface area contributed by atoms with E-state index in [1.165, 1.54) is 161 Å². The second-order valence-electron chi connectivity index (χ2n) is 27.1. The molecule has 0 amide bonds. The largest absolute Gasteiger partial charge is 0.399 e. The van der Waals surface area contributed by atoms with Gasteiger partial charge in [0.15, 0.2) is 0 Å². The van der Waals surface area contributed by atoms with Crippen LogP contribution < -0.4 is 31.9 Å². The van der Waals surface area contributed by atoms with Gasteiger partial charge in [0.2, 0.25) is 0 Å². The summed E-state index contributed by atoms with van der Waals surface area (Å²) in [7, 11) is 10.2. The first kappa shape index (κ1) is 73.6. The van der Waals surface area contributed by atoms with E-state index in [4.69, 9.17) is 11.5 Å². The Balaban J connectivity index is 0.000000132. The van der Waals surface area contributed by atoms with Gasteiger partial charge in [-0.1, -0.05) is 99.1 Å². The quantitative estimate of drug-likeness (QED) is 0.0716. The van der Waals surface area contributed by atoms with Gasteiger partial charge in [-0.25, -0.2) is 29.9 Å². The molecule has 15 nitrogen and oxygen atoms in total. The van der Waals surface area contributed by atoms with Gasteiger partial charge in [-0.3, -0.25) is 0 Å². The first-order chi connectivity index (χ1) is 49.6. The summed E-state index contributed by atoms with van der Waals surface area (Å²) in [6.45, 7) is 12.9. The maximum Gasteiger partial charge on any atom is 0.134 e. The predicted octanol–water partition coefficient (Wildman–Crippen LogP) is 20.5. The first-order valence-electron chi connectivity index (χ1n) is 37.0. The Morgan fingerprint density at radius 2 is 0.833 bits per heavy atom. The third-order valence-electron chi connectivity index (χ3n) is 20.3. The summed E-state index contributed by atoms with van der Waals surface area (Å²) in [6, 6.07) is 39.1. The van der Waals surface area contributed by atoms with E-state index in [1.54, 1.807) is 0 Å². The van der Waals surface area contributed by atoms with Crippen molar-refractivity contribution in [3.05, 3.63) is 226 Å². The first-order valence-corrected chi connectivity index (χ1v) is 37.8. The zero-order valence-electron chi connectivity index (χ0n) is 61.8. The topological polar surface area (TPSA) is 175 Å². The third kappa shape index (κ3) is 18.2. The Labute approximate surface area is 613 Å². The van der Waals surface area contributed by atoms with Crippen LogP contribution >= 0.6 is 15.9 Å². The monoisotopic (exact) mass is 1430 g/mol. The second-order valence-corrected chi connectivity index (χ2v) is 28.0. The van der Waals surface area contributed by atoms with E-state index in [-0.39, 0.29) is 0 Å². The minimum Gasteiger partial charge on any atom is -0.399 e. The summed E-state index contributed by atoms with van der Waals surface area (Å²) in [6.07, 6.45) is 41.9. The predicted molar refractivity (Wildman–Crippen MR) is 435 cm³/mol. The van der Waals surface area contributed by atoms with Gasteiger partial charge in [-0.15, -0.1) is 0 Å². The molecule has 0 radical (unpaired) electrons. The number of benzene rings is 5.